The number of esters is 1. The quantitative estimate of drug-likeness (QED) is 0.583. The Balaban J connectivity index is 1.95. The van der Waals surface area contributed by atoms with Crippen molar-refractivity contribution in [3.63, 3.8) is 0 Å². The maximum atomic E-state index is 12.4. The van der Waals surface area contributed by atoms with Gasteiger partial charge in [-0.2, -0.15) is 8.78 Å². The number of hydrogen-bond donors (Lipinski definition) is 1. The Morgan fingerprint density at radius 2 is 2.00 bits per heavy atom. The fraction of sp³-hybridized carbons (Fsp3) is 0.368. The zero-order chi connectivity index (χ0) is 21.4. The number of benzene rings is 1. The van der Waals surface area contributed by atoms with Crippen LogP contribution in [0.2, 0.25) is 0 Å². The van der Waals surface area contributed by atoms with Crippen molar-refractivity contribution in [2.24, 2.45) is 0 Å². The van der Waals surface area contributed by atoms with Gasteiger partial charge in [-0.15, -0.1) is 11.3 Å². The average Bonchev–Trinajstić information content (AvgIpc) is 3.10. The van der Waals surface area contributed by atoms with Crippen molar-refractivity contribution in [2.45, 2.75) is 20.1 Å². The van der Waals surface area contributed by atoms with Gasteiger partial charge in [-0.05, 0) is 43.1 Å². The van der Waals surface area contributed by atoms with Crippen molar-refractivity contribution >= 4 is 28.2 Å². The topological polar surface area (TPSA) is 77.1 Å². The number of ether oxygens (including phenoxy) is 3. The summed E-state index contributed by atoms with van der Waals surface area (Å²) >= 11 is 1.23. The first-order chi connectivity index (χ1) is 13.8. The zero-order valence-corrected chi connectivity index (χ0v) is 17.1. The Labute approximate surface area is 171 Å². The molecule has 0 bridgehead atoms. The largest absolute Gasteiger partial charge is 0.493 e. The van der Waals surface area contributed by atoms with Crippen LogP contribution in [0.3, 0.4) is 0 Å². The highest BCUT2D eigenvalue weighted by atomic mass is 32.1. The number of amides is 1. The number of anilines is 1. The maximum absolute atomic E-state index is 12.4. The minimum absolute atomic E-state index is 0.0533. The van der Waals surface area contributed by atoms with E-state index in [0.717, 1.165) is 5.56 Å². The van der Waals surface area contributed by atoms with Gasteiger partial charge in [-0.3, -0.25) is 9.69 Å². The van der Waals surface area contributed by atoms with E-state index >= 15 is 0 Å². The van der Waals surface area contributed by atoms with Gasteiger partial charge in [0.25, 0.3) is 0 Å². The lowest BCUT2D eigenvalue weighted by atomic mass is 10.2. The van der Waals surface area contributed by atoms with Gasteiger partial charge in [-0.25, -0.2) is 4.79 Å². The van der Waals surface area contributed by atoms with E-state index in [4.69, 9.17) is 9.47 Å². The van der Waals surface area contributed by atoms with Crippen molar-refractivity contribution in [3.8, 4) is 11.5 Å². The van der Waals surface area contributed by atoms with Crippen LogP contribution in [0.4, 0.5) is 13.8 Å². The van der Waals surface area contributed by atoms with Crippen LogP contribution in [-0.4, -0.2) is 50.7 Å². The molecule has 0 aliphatic carbocycles. The molecule has 1 aromatic carbocycles. The highest BCUT2D eigenvalue weighted by molar-refractivity contribution is 7.14. The third kappa shape index (κ3) is 6.68. The summed E-state index contributed by atoms with van der Waals surface area (Å²) in [7, 11) is 3.09. The average molecular weight is 428 g/mol. The lowest BCUT2D eigenvalue weighted by molar-refractivity contribution is -0.117. The first-order valence-corrected chi connectivity index (χ1v) is 9.56. The van der Waals surface area contributed by atoms with E-state index in [1.54, 1.807) is 42.5 Å². The van der Waals surface area contributed by atoms with Gasteiger partial charge in [0.2, 0.25) is 5.91 Å². The molecule has 1 N–H and O–H groups in total. The molecular weight excluding hydrogens is 406 g/mol. The summed E-state index contributed by atoms with van der Waals surface area (Å²) in [6.07, 6.45) is 0. The van der Waals surface area contributed by atoms with Crippen molar-refractivity contribution in [1.29, 1.82) is 0 Å². The van der Waals surface area contributed by atoms with Crippen LogP contribution in [0, 0.1) is 0 Å². The minimum atomic E-state index is -2.95. The fourth-order valence-corrected chi connectivity index (χ4v) is 3.35. The van der Waals surface area contributed by atoms with Crippen LogP contribution in [0.5, 0.6) is 11.5 Å². The molecule has 7 nitrogen and oxygen atoms in total. The molecule has 0 aliphatic heterocycles. The van der Waals surface area contributed by atoms with Crippen molar-refractivity contribution in [2.75, 3.05) is 32.6 Å². The summed E-state index contributed by atoms with van der Waals surface area (Å²) in [5.74, 6) is -0.671. The molecule has 0 spiro atoms. The first-order valence-electron chi connectivity index (χ1n) is 8.68. The van der Waals surface area contributed by atoms with Gasteiger partial charge in [0, 0.05) is 6.54 Å². The summed E-state index contributed by atoms with van der Waals surface area (Å²) in [6, 6.07) is 6.18. The molecule has 10 heteroatoms. The molecule has 1 aromatic heterocycles. The van der Waals surface area contributed by atoms with Crippen LogP contribution in [-0.2, 0) is 16.1 Å². The number of thiophene rings is 1. The lowest BCUT2D eigenvalue weighted by Crippen LogP contribution is -2.30. The first kappa shape index (κ1) is 22.6. The van der Waals surface area contributed by atoms with E-state index in [1.165, 1.54) is 24.5 Å². The molecule has 1 heterocycles. The van der Waals surface area contributed by atoms with Crippen LogP contribution in [0.15, 0.2) is 29.6 Å². The molecule has 29 heavy (non-hydrogen) atoms. The summed E-state index contributed by atoms with van der Waals surface area (Å²) in [6.45, 7) is -0.572. The Hall–Kier alpha value is -2.72. The van der Waals surface area contributed by atoms with Crippen molar-refractivity contribution in [1.82, 2.24) is 4.90 Å². The Kier molecular flexibility index (Phi) is 8.34. The van der Waals surface area contributed by atoms with E-state index in [2.05, 4.69) is 10.1 Å². The fourth-order valence-electron chi connectivity index (χ4n) is 2.56. The second kappa shape index (κ2) is 10.7. The smallest absolute Gasteiger partial charge is 0.387 e. The number of carbonyl (C=O) groups excluding carboxylic acids is 2. The number of likely N-dealkylation sites (N-methyl/N-ethyl adjacent to an activating group) is 1. The molecule has 2 aromatic rings. The highest BCUT2D eigenvalue weighted by Crippen LogP contribution is 2.30. The normalized spacial score (nSPS) is 10.9. The van der Waals surface area contributed by atoms with Gasteiger partial charge in [0.05, 0.1) is 25.8 Å². The Morgan fingerprint density at radius 3 is 2.66 bits per heavy atom. The summed E-state index contributed by atoms with van der Waals surface area (Å²) in [4.78, 5) is 25.9. The molecule has 2 rings (SSSR count). The predicted octanol–water partition coefficient (Wildman–Crippen LogP) is 3.61. The maximum Gasteiger partial charge on any atom is 0.387 e. The minimum Gasteiger partial charge on any atom is -0.493 e. The van der Waals surface area contributed by atoms with Gasteiger partial charge in [0.1, 0.15) is 5.00 Å². The predicted molar refractivity (Wildman–Crippen MR) is 105 cm³/mol. The monoisotopic (exact) mass is 428 g/mol. The van der Waals surface area contributed by atoms with E-state index in [9.17, 15) is 18.4 Å². The third-order valence-electron chi connectivity index (χ3n) is 3.72. The van der Waals surface area contributed by atoms with Crippen LogP contribution < -0.4 is 14.8 Å². The SMILES string of the molecule is CCOC(=O)c1ccsc1NC(=O)CN(C)Cc1ccc(OC(F)F)c(OC)c1. The lowest BCUT2D eigenvalue weighted by Gasteiger charge is -2.17. The second-order valence-electron chi connectivity index (χ2n) is 5.97. The molecule has 0 unspecified atom stereocenters. The van der Waals surface area contributed by atoms with Crippen LogP contribution in [0.1, 0.15) is 22.8 Å². The highest BCUT2D eigenvalue weighted by Gasteiger charge is 2.17. The van der Waals surface area contributed by atoms with Gasteiger partial charge in [-0.1, -0.05) is 6.07 Å². The number of alkyl halides is 2. The molecule has 1 amide bonds. The van der Waals surface area contributed by atoms with E-state index in [1.807, 2.05) is 0 Å². The summed E-state index contributed by atoms with van der Waals surface area (Å²) in [5.41, 5.74) is 1.06. The number of nitrogens with one attached hydrogen (secondary N) is 1. The second-order valence-corrected chi connectivity index (χ2v) is 6.88. The number of rotatable bonds is 10. The van der Waals surface area contributed by atoms with Gasteiger partial charge in [0.15, 0.2) is 11.5 Å². The van der Waals surface area contributed by atoms with Crippen LogP contribution >= 0.6 is 11.3 Å². The van der Waals surface area contributed by atoms with Gasteiger partial charge < -0.3 is 19.5 Å². The van der Waals surface area contributed by atoms with E-state index < -0.39 is 12.6 Å². The number of hydrogen-bond acceptors (Lipinski definition) is 7. The third-order valence-corrected chi connectivity index (χ3v) is 4.55. The standard InChI is InChI=1S/C19H22F2N2O5S/c1-4-27-18(25)13-7-8-29-17(13)22-16(24)11-23(2)10-12-5-6-14(28-19(20)21)15(9-12)26-3/h5-9,19H,4,10-11H2,1-3H3,(H,22,24). The molecule has 0 aliphatic rings. The molecule has 0 radical (unpaired) electrons. The molecule has 158 valence electrons. The van der Waals surface area contributed by atoms with Crippen LogP contribution in [0.25, 0.3) is 0 Å². The molecule has 0 saturated carbocycles. The van der Waals surface area contributed by atoms with E-state index in [-0.39, 0.29) is 30.6 Å². The molecule has 0 atom stereocenters. The summed E-state index contributed by atoms with van der Waals surface area (Å²) in [5, 5.41) is 4.83. The molecule has 0 saturated heterocycles. The number of halogens is 2. The summed E-state index contributed by atoms with van der Waals surface area (Å²) < 4.78 is 39.3. The Bertz CT molecular complexity index is 844. The molecule has 0 fully saturated rings. The Morgan fingerprint density at radius 1 is 1.24 bits per heavy atom. The number of methoxy groups -OCH3 is 1. The number of carbonyl (C=O) groups is 2. The van der Waals surface area contributed by atoms with Crippen molar-refractivity contribution in [3.05, 3.63) is 40.8 Å². The van der Waals surface area contributed by atoms with Crippen molar-refractivity contribution < 1.29 is 32.6 Å². The van der Waals surface area contributed by atoms with E-state index in [0.29, 0.717) is 17.1 Å². The number of nitrogens with zero attached hydrogens (tertiary/aromatic N) is 1. The van der Waals surface area contributed by atoms with Gasteiger partial charge >= 0.3 is 12.6 Å². The zero-order valence-electron chi connectivity index (χ0n) is 16.2. The molecular formula is C19H22F2N2O5S.